The van der Waals surface area contributed by atoms with Crippen LogP contribution in [0.1, 0.15) is 29.5 Å². The molecule has 1 aromatic carbocycles. The zero-order valence-corrected chi connectivity index (χ0v) is 21.2. The molecule has 0 aliphatic carbocycles. The highest BCUT2D eigenvalue weighted by molar-refractivity contribution is 7.17. The summed E-state index contributed by atoms with van der Waals surface area (Å²) in [6.45, 7) is 12.1. The minimum atomic E-state index is 0.344. The van der Waals surface area contributed by atoms with E-state index in [1.54, 1.807) is 11.3 Å². The second-order valence-corrected chi connectivity index (χ2v) is 10.3. The van der Waals surface area contributed by atoms with Crippen molar-refractivity contribution in [2.75, 3.05) is 57.8 Å². The van der Waals surface area contributed by atoms with Gasteiger partial charge in [0.1, 0.15) is 10.4 Å². The Kier molecular flexibility index (Phi) is 7.44. The number of benzene rings is 1. The molecule has 4 heterocycles. The second kappa shape index (κ2) is 10.9. The van der Waals surface area contributed by atoms with E-state index in [4.69, 9.17) is 19.4 Å². The lowest BCUT2D eigenvalue weighted by Crippen LogP contribution is -2.45. The molecule has 2 aromatic heterocycles. The number of piperidine rings is 1. The molecule has 184 valence electrons. The van der Waals surface area contributed by atoms with Crippen LogP contribution in [0.5, 0.6) is 11.6 Å². The smallest absolute Gasteiger partial charge is 0.242 e. The van der Waals surface area contributed by atoms with Crippen molar-refractivity contribution in [2.45, 2.75) is 32.7 Å². The SMILES string of the molecule is Cc1cc(C#N)cc(C)c1Oc1nc(NC2CCN(CCN3CCOCC3)CC2)nc2ccsc12. The minimum absolute atomic E-state index is 0.344. The number of aryl methyl sites for hydroxylation is 2. The van der Waals surface area contributed by atoms with Crippen molar-refractivity contribution < 1.29 is 9.47 Å². The summed E-state index contributed by atoms with van der Waals surface area (Å²) in [7, 11) is 0. The molecular weight excluding hydrogens is 460 g/mol. The highest BCUT2D eigenvalue weighted by Gasteiger charge is 2.22. The van der Waals surface area contributed by atoms with Gasteiger partial charge in [-0.15, -0.1) is 11.3 Å². The Hall–Kier alpha value is -2.77. The number of likely N-dealkylation sites (tertiary alicyclic amines) is 1. The molecular formula is C26H32N6O2S. The van der Waals surface area contributed by atoms with Crippen molar-refractivity contribution in [1.82, 2.24) is 19.8 Å². The van der Waals surface area contributed by atoms with Crippen LogP contribution in [0.2, 0.25) is 0 Å². The van der Waals surface area contributed by atoms with E-state index in [1.165, 1.54) is 0 Å². The molecule has 5 rings (SSSR count). The lowest BCUT2D eigenvalue weighted by atomic mass is 10.1. The molecule has 2 aliphatic heterocycles. The number of hydrogen-bond acceptors (Lipinski definition) is 9. The van der Waals surface area contributed by atoms with Crippen LogP contribution in [0.3, 0.4) is 0 Å². The number of fused-ring (bicyclic) bond motifs is 1. The molecule has 3 aromatic rings. The first-order valence-corrected chi connectivity index (χ1v) is 13.2. The third-order valence-corrected chi connectivity index (χ3v) is 7.71. The van der Waals surface area contributed by atoms with Crippen LogP contribution >= 0.6 is 11.3 Å². The summed E-state index contributed by atoms with van der Waals surface area (Å²) in [5, 5.41) is 14.8. The zero-order chi connectivity index (χ0) is 24.2. The van der Waals surface area contributed by atoms with Crippen molar-refractivity contribution in [3.05, 3.63) is 40.3 Å². The summed E-state index contributed by atoms with van der Waals surface area (Å²) in [6, 6.07) is 8.25. The number of nitrogens with one attached hydrogen (secondary N) is 1. The largest absolute Gasteiger partial charge is 0.437 e. The van der Waals surface area contributed by atoms with E-state index in [9.17, 15) is 5.26 Å². The van der Waals surface area contributed by atoms with Crippen molar-refractivity contribution in [3.8, 4) is 17.7 Å². The van der Waals surface area contributed by atoms with E-state index in [2.05, 4.69) is 21.2 Å². The number of thiophene rings is 1. The monoisotopic (exact) mass is 492 g/mol. The van der Waals surface area contributed by atoms with Gasteiger partial charge in [-0.2, -0.15) is 10.2 Å². The number of morpholine rings is 1. The maximum absolute atomic E-state index is 9.25. The average molecular weight is 493 g/mol. The van der Waals surface area contributed by atoms with Crippen molar-refractivity contribution >= 4 is 27.5 Å². The van der Waals surface area contributed by atoms with Crippen LogP contribution < -0.4 is 10.1 Å². The summed E-state index contributed by atoms with van der Waals surface area (Å²) in [5.41, 5.74) is 3.36. The predicted molar refractivity (Wildman–Crippen MR) is 138 cm³/mol. The lowest BCUT2D eigenvalue weighted by molar-refractivity contribution is 0.0322. The fourth-order valence-electron chi connectivity index (χ4n) is 4.83. The Morgan fingerprint density at radius 1 is 1.09 bits per heavy atom. The molecule has 8 nitrogen and oxygen atoms in total. The highest BCUT2D eigenvalue weighted by Crippen LogP contribution is 2.35. The average Bonchev–Trinajstić information content (AvgIpc) is 3.35. The lowest BCUT2D eigenvalue weighted by Gasteiger charge is -2.34. The number of aromatic nitrogens is 2. The van der Waals surface area contributed by atoms with Crippen LogP contribution in [0.4, 0.5) is 5.95 Å². The van der Waals surface area contributed by atoms with Crippen LogP contribution in [0, 0.1) is 25.2 Å². The van der Waals surface area contributed by atoms with Gasteiger partial charge in [-0.3, -0.25) is 4.90 Å². The summed E-state index contributed by atoms with van der Waals surface area (Å²) in [6.07, 6.45) is 2.14. The van der Waals surface area contributed by atoms with Gasteiger partial charge < -0.3 is 19.7 Å². The van der Waals surface area contributed by atoms with E-state index < -0.39 is 0 Å². The van der Waals surface area contributed by atoms with E-state index in [-0.39, 0.29) is 0 Å². The third kappa shape index (κ3) is 5.73. The van der Waals surface area contributed by atoms with Crippen molar-refractivity contribution in [3.63, 3.8) is 0 Å². The second-order valence-electron chi connectivity index (χ2n) is 9.35. The maximum atomic E-state index is 9.25. The number of nitrogens with zero attached hydrogens (tertiary/aromatic N) is 5. The molecule has 2 saturated heterocycles. The van der Waals surface area contributed by atoms with E-state index in [0.29, 0.717) is 23.4 Å². The van der Waals surface area contributed by atoms with E-state index >= 15 is 0 Å². The van der Waals surface area contributed by atoms with Gasteiger partial charge in [0, 0.05) is 45.3 Å². The van der Waals surface area contributed by atoms with Crippen LogP contribution in [0.25, 0.3) is 10.2 Å². The Bertz CT molecular complexity index is 1190. The number of nitriles is 1. The Balaban J connectivity index is 1.24. The number of anilines is 1. The first-order chi connectivity index (χ1) is 17.1. The molecule has 0 unspecified atom stereocenters. The van der Waals surface area contributed by atoms with Gasteiger partial charge in [0.15, 0.2) is 0 Å². The summed E-state index contributed by atoms with van der Waals surface area (Å²) in [5.74, 6) is 1.92. The molecule has 0 amide bonds. The molecule has 0 radical (unpaired) electrons. The van der Waals surface area contributed by atoms with Crippen LogP contribution in [-0.4, -0.2) is 78.3 Å². The Labute approximate surface area is 210 Å². The van der Waals surface area contributed by atoms with Gasteiger partial charge in [0.2, 0.25) is 11.8 Å². The summed E-state index contributed by atoms with van der Waals surface area (Å²) < 4.78 is 12.7. The van der Waals surface area contributed by atoms with Gasteiger partial charge in [-0.25, -0.2) is 4.98 Å². The van der Waals surface area contributed by atoms with Crippen molar-refractivity contribution in [2.24, 2.45) is 0 Å². The van der Waals surface area contributed by atoms with E-state index in [1.807, 2.05) is 37.4 Å². The standard InChI is InChI=1S/C26H32N6O2S/c1-18-15-20(17-27)16-19(2)23(18)34-25-24-22(5-14-35-24)29-26(30-25)28-21-3-6-31(7-4-21)8-9-32-10-12-33-13-11-32/h5,14-16,21H,3-4,6-13H2,1-2H3,(H,28,29,30). The minimum Gasteiger partial charge on any atom is -0.437 e. The Morgan fingerprint density at radius 3 is 2.46 bits per heavy atom. The van der Waals surface area contributed by atoms with Crippen LogP contribution in [-0.2, 0) is 4.74 Å². The zero-order valence-electron chi connectivity index (χ0n) is 20.4. The fourth-order valence-corrected chi connectivity index (χ4v) is 5.59. The molecule has 35 heavy (non-hydrogen) atoms. The topological polar surface area (TPSA) is 86.5 Å². The van der Waals surface area contributed by atoms with Crippen LogP contribution in [0.15, 0.2) is 23.6 Å². The first kappa shape index (κ1) is 23.9. The summed E-state index contributed by atoms with van der Waals surface area (Å²) in [4.78, 5) is 14.6. The first-order valence-electron chi connectivity index (χ1n) is 12.3. The molecule has 9 heteroatoms. The maximum Gasteiger partial charge on any atom is 0.242 e. The molecule has 0 atom stereocenters. The van der Waals surface area contributed by atoms with Gasteiger partial charge in [0.05, 0.1) is 30.4 Å². The van der Waals surface area contributed by atoms with Crippen molar-refractivity contribution in [1.29, 1.82) is 5.26 Å². The Morgan fingerprint density at radius 2 is 1.77 bits per heavy atom. The van der Waals surface area contributed by atoms with Gasteiger partial charge in [0.25, 0.3) is 0 Å². The third-order valence-electron chi connectivity index (χ3n) is 6.82. The fraction of sp³-hybridized carbons (Fsp3) is 0.500. The molecule has 0 saturated carbocycles. The quantitative estimate of drug-likeness (QED) is 0.526. The number of hydrogen-bond donors (Lipinski definition) is 1. The molecule has 1 N–H and O–H groups in total. The molecule has 0 bridgehead atoms. The predicted octanol–water partition coefficient (Wildman–Crippen LogP) is 4.18. The number of rotatable bonds is 7. The molecule has 2 fully saturated rings. The molecule has 0 spiro atoms. The van der Waals surface area contributed by atoms with E-state index in [0.717, 1.165) is 92.4 Å². The van der Waals surface area contributed by atoms with Gasteiger partial charge in [-0.05, 0) is 61.4 Å². The highest BCUT2D eigenvalue weighted by atomic mass is 32.1. The number of ether oxygens (including phenoxy) is 2. The summed E-state index contributed by atoms with van der Waals surface area (Å²) >= 11 is 1.58. The normalized spacial score (nSPS) is 18.0. The van der Waals surface area contributed by atoms with Gasteiger partial charge in [-0.1, -0.05) is 0 Å². The molecule has 2 aliphatic rings. The van der Waals surface area contributed by atoms with Gasteiger partial charge >= 0.3 is 0 Å².